The number of esters is 2. The first-order valence-electron chi connectivity index (χ1n) is 5.92. The summed E-state index contributed by atoms with van der Waals surface area (Å²) in [5.74, 6) is -0.871. The van der Waals surface area contributed by atoms with E-state index in [2.05, 4.69) is 31.9 Å². The zero-order chi connectivity index (χ0) is 15.1. The number of carbonyl (C=O) groups is 2. The number of thiophene rings is 1. The van der Waals surface area contributed by atoms with Gasteiger partial charge in [-0.15, -0.1) is 11.3 Å². The molecule has 0 aliphatic carbocycles. The van der Waals surface area contributed by atoms with Crippen molar-refractivity contribution in [3.05, 3.63) is 24.8 Å². The van der Waals surface area contributed by atoms with Crippen LogP contribution < -0.4 is 0 Å². The fourth-order valence-electron chi connectivity index (χ4n) is 1.30. The average molecular weight is 426 g/mol. The minimum atomic E-state index is -0.444. The fourth-order valence-corrected chi connectivity index (χ4v) is 3.53. The molecule has 1 rings (SSSR count). The van der Waals surface area contributed by atoms with Crippen molar-refractivity contribution in [1.29, 1.82) is 0 Å². The molecule has 0 spiro atoms. The van der Waals surface area contributed by atoms with Crippen LogP contribution in [0.2, 0.25) is 0 Å². The Morgan fingerprint density at radius 1 is 1.35 bits per heavy atom. The molecule has 4 nitrogen and oxygen atoms in total. The van der Waals surface area contributed by atoms with Crippen LogP contribution in [0.4, 0.5) is 0 Å². The largest absolute Gasteiger partial charge is 0.465 e. The van der Waals surface area contributed by atoms with Crippen LogP contribution in [-0.4, -0.2) is 25.7 Å². The van der Waals surface area contributed by atoms with E-state index in [1.165, 1.54) is 24.5 Å². The van der Waals surface area contributed by atoms with Crippen LogP contribution in [0.3, 0.4) is 0 Å². The maximum Gasteiger partial charge on any atom is 0.348 e. The van der Waals surface area contributed by atoms with Crippen molar-refractivity contribution >= 4 is 61.2 Å². The monoisotopic (exact) mass is 424 g/mol. The zero-order valence-electron chi connectivity index (χ0n) is 11.1. The average Bonchev–Trinajstić information content (AvgIpc) is 2.72. The molecule has 1 heterocycles. The molecule has 0 atom stereocenters. The molecule has 0 saturated heterocycles. The van der Waals surface area contributed by atoms with Gasteiger partial charge in [0, 0.05) is 11.6 Å². The number of carbonyl (C=O) groups excluding carboxylic acids is 2. The highest BCUT2D eigenvalue weighted by Crippen LogP contribution is 2.38. The highest BCUT2D eigenvalue weighted by Gasteiger charge is 2.19. The number of methoxy groups -OCH3 is 1. The van der Waals surface area contributed by atoms with Crippen LogP contribution in [0.15, 0.2) is 14.3 Å². The second-order valence-electron chi connectivity index (χ2n) is 3.78. The molecule has 20 heavy (non-hydrogen) atoms. The van der Waals surface area contributed by atoms with Gasteiger partial charge in [-0.1, -0.05) is 13.3 Å². The molecule has 0 saturated carbocycles. The lowest BCUT2D eigenvalue weighted by Crippen LogP contribution is -2.02. The van der Waals surface area contributed by atoms with Crippen molar-refractivity contribution in [2.24, 2.45) is 0 Å². The second-order valence-corrected chi connectivity index (χ2v) is 6.91. The maximum absolute atomic E-state index is 11.7. The molecule has 110 valence electrons. The number of hydrogen-bond acceptors (Lipinski definition) is 5. The van der Waals surface area contributed by atoms with Crippen LogP contribution in [0.1, 0.15) is 35.0 Å². The van der Waals surface area contributed by atoms with E-state index >= 15 is 0 Å². The molecular formula is C13H14Br2O4S. The summed E-state index contributed by atoms with van der Waals surface area (Å²) >= 11 is 7.94. The summed E-state index contributed by atoms with van der Waals surface area (Å²) in [6.45, 7) is 2.42. The minimum Gasteiger partial charge on any atom is -0.465 e. The summed E-state index contributed by atoms with van der Waals surface area (Å²) in [6, 6.07) is 0. The van der Waals surface area contributed by atoms with Gasteiger partial charge in [-0.3, -0.25) is 0 Å². The van der Waals surface area contributed by atoms with Crippen molar-refractivity contribution in [3.63, 3.8) is 0 Å². The zero-order valence-corrected chi connectivity index (χ0v) is 15.1. The van der Waals surface area contributed by atoms with Gasteiger partial charge in [0.05, 0.1) is 22.0 Å². The van der Waals surface area contributed by atoms with Crippen molar-refractivity contribution < 1.29 is 19.1 Å². The predicted octanol–water partition coefficient (Wildman–Crippen LogP) is 4.42. The van der Waals surface area contributed by atoms with Crippen molar-refractivity contribution in [2.75, 3.05) is 13.7 Å². The van der Waals surface area contributed by atoms with Crippen molar-refractivity contribution in [2.45, 2.75) is 19.8 Å². The summed E-state index contributed by atoms with van der Waals surface area (Å²) in [5, 5.41) is 0. The van der Waals surface area contributed by atoms with Crippen LogP contribution in [0, 0.1) is 0 Å². The summed E-state index contributed by atoms with van der Waals surface area (Å²) < 4.78 is 11.2. The van der Waals surface area contributed by atoms with E-state index in [0.717, 1.165) is 16.6 Å². The molecule has 1 aromatic heterocycles. The molecule has 0 N–H and O–H groups in total. The van der Waals surface area contributed by atoms with Crippen LogP contribution in [0.5, 0.6) is 0 Å². The van der Waals surface area contributed by atoms with Gasteiger partial charge in [-0.25, -0.2) is 9.59 Å². The Morgan fingerprint density at radius 2 is 2.05 bits per heavy atom. The number of rotatable bonds is 6. The molecule has 1 aromatic rings. The molecule has 0 fully saturated rings. The van der Waals surface area contributed by atoms with Crippen LogP contribution in [0.25, 0.3) is 6.08 Å². The first kappa shape index (κ1) is 17.4. The summed E-state index contributed by atoms with van der Waals surface area (Å²) in [7, 11) is 1.32. The van der Waals surface area contributed by atoms with Gasteiger partial charge in [-0.05, 0) is 44.4 Å². The van der Waals surface area contributed by atoms with Crippen molar-refractivity contribution in [1.82, 2.24) is 0 Å². The van der Waals surface area contributed by atoms with Gasteiger partial charge in [0.15, 0.2) is 0 Å². The molecule has 0 bridgehead atoms. The quantitative estimate of drug-likeness (QED) is 0.384. The molecular weight excluding hydrogens is 412 g/mol. The van der Waals surface area contributed by atoms with Gasteiger partial charge in [0.1, 0.15) is 4.88 Å². The molecule has 0 radical (unpaired) electrons. The van der Waals surface area contributed by atoms with E-state index in [0.29, 0.717) is 21.5 Å². The van der Waals surface area contributed by atoms with E-state index in [1.54, 1.807) is 6.08 Å². The smallest absolute Gasteiger partial charge is 0.348 e. The van der Waals surface area contributed by atoms with Gasteiger partial charge in [-0.2, -0.15) is 0 Å². The Labute approximate surface area is 138 Å². The number of ether oxygens (including phenoxy) is 2. The standard InChI is InChI=1S/C13H14Br2O4S/c1-3-4-7-19-9(16)6-5-8-10(14)12(15)20-11(8)13(17)18-2/h5-6H,3-4,7H2,1-2H3/b6-5+. The van der Waals surface area contributed by atoms with Crippen LogP contribution >= 0.6 is 43.2 Å². The molecule has 0 aliphatic rings. The molecule has 7 heteroatoms. The van der Waals surface area contributed by atoms with Gasteiger partial charge in [0.2, 0.25) is 0 Å². The van der Waals surface area contributed by atoms with Gasteiger partial charge in [0.25, 0.3) is 0 Å². The fraction of sp³-hybridized carbons (Fsp3) is 0.385. The third kappa shape index (κ3) is 4.71. The first-order valence-corrected chi connectivity index (χ1v) is 8.32. The van der Waals surface area contributed by atoms with E-state index in [4.69, 9.17) is 9.47 Å². The Morgan fingerprint density at radius 3 is 2.65 bits per heavy atom. The minimum absolute atomic E-state index is 0.401. The lowest BCUT2D eigenvalue weighted by atomic mass is 10.2. The Kier molecular flexibility index (Phi) is 7.47. The Hall–Kier alpha value is -0.660. The van der Waals surface area contributed by atoms with Gasteiger partial charge < -0.3 is 9.47 Å². The molecule has 0 aromatic carbocycles. The van der Waals surface area contributed by atoms with Crippen molar-refractivity contribution in [3.8, 4) is 0 Å². The Balaban J connectivity index is 2.85. The van der Waals surface area contributed by atoms with E-state index in [9.17, 15) is 9.59 Å². The third-order valence-electron chi connectivity index (χ3n) is 2.34. The number of halogens is 2. The number of hydrogen-bond donors (Lipinski definition) is 0. The van der Waals surface area contributed by atoms with E-state index in [1.807, 2.05) is 6.92 Å². The summed E-state index contributed by atoms with van der Waals surface area (Å²) in [4.78, 5) is 23.6. The predicted molar refractivity (Wildman–Crippen MR) is 86.0 cm³/mol. The Bertz CT molecular complexity index is 523. The lowest BCUT2D eigenvalue weighted by Gasteiger charge is -2.00. The topological polar surface area (TPSA) is 52.6 Å². The second kappa shape index (κ2) is 8.59. The van der Waals surface area contributed by atoms with Gasteiger partial charge >= 0.3 is 11.9 Å². The first-order chi connectivity index (χ1) is 9.51. The highest BCUT2D eigenvalue weighted by atomic mass is 79.9. The van der Waals surface area contributed by atoms with E-state index < -0.39 is 11.9 Å². The molecule has 0 aliphatic heterocycles. The lowest BCUT2D eigenvalue weighted by molar-refractivity contribution is -0.137. The third-order valence-corrected chi connectivity index (χ3v) is 5.82. The van der Waals surface area contributed by atoms with Crippen LogP contribution in [-0.2, 0) is 14.3 Å². The highest BCUT2D eigenvalue weighted by molar-refractivity contribution is 9.13. The maximum atomic E-state index is 11.7. The molecule has 0 amide bonds. The van der Waals surface area contributed by atoms with E-state index in [-0.39, 0.29) is 0 Å². The SMILES string of the molecule is CCCCOC(=O)/C=C/c1c(C(=O)OC)sc(Br)c1Br. The normalized spacial score (nSPS) is 10.8. The number of unbranched alkanes of at least 4 members (excludes halogenated alkanes) is 1. The molecule has 0 unspecified atom stereocenters. The summed E-state index contributed by atoms with van der Waals surface area (Å²) in [6.07, 6.45) is 4.65. The summed E-state index contributed by atoms with van der Waals surface area (Å²) in [5.41, 5.74) is 0.598.